The summed E-state index contributed by atoms with van der Waals surface area (Å²) in [4.78, 5) is 16.8. The molecule has 3 rings (SSSR count). The van der Waals surface area contributed by atoms with E-state index in [1.54, 1.807) is 24.3 Å². The lowest BCUT2D eigenvalue weighted by Crippen LogP contribution is -2.49. The molecule has 1 saturated carbocycles. The summed E-state index contributed by atoms with van der Waals surface area (Å²) in [7, 11) is 0. The van der Waals surface area contributed by atoms with Crippen LogP contribution in [0, 0.1) is 5.92 Å². The van der Waals surface area contributed by atoms with Gasteiger partial charge in [-0.1, -0.05) is 11.6 Å². The van der Waals surface area contributed by atoms with Crippen LogP contribution in [-0.4, -0.2) is 48.4 Å². The summed E-state index contributed by atoms with van der Waals surface area (Å²) < 4.78 is 0. The molecular formula is C15H19ClN2O. The normalized spacial score (nSPS) is 20.6. The monoisotopic (exact) mass is 278 g/mol. The van der Waals surface area contributed by atoms with Crippen molar-refractivity contribution in [3.63, 3.8) is 0 Å². The molecule has 1 aliphatic heterocycles. The highest BCUT2D eigenvalue weighted by molar-refractivity contribution is 6.30. The Balaban J connectivity index is 1.55. The molecule has 1 heterocycles. The number of hydrogen-bond acceptors (Lipinski definition) is 2. The van der Waals surface area contributed by atoms with Crippen molar-refractivity contribution in [1.82, 2.24) is 9.80 Å². The van der Waals surface area contributed by atoms with Gasteiger partial charge in [0.25, 0.3) is 5.91 Å². The van der Waals surface area contributed by atoms with E-state index in [9.17, 15) is 4.79 Å². The Morgan fingerprint density at radius 1 is 1.11 bits per heavy atom. The molecular weight excluding hydrogens is 260 g/mol. The lowest BCUT2D eigenvalue weighted by molar-refractivity contribution is 0.0632. The second-order valence-electron chi connectivity index (χ2n) is 5.54. The van der Waals surface area contributed by atoms with Crippen molar-refractivity contribution < 1.29 is 4.79 Å². The van der Waals surface area contributed by atoms with Crippen LogP contribution in [-0.2, 0) is 0 Å². The predicted octanol–water partition coefficient (Wildman–Crippen LogP) is 2.51. The lowest BCUT2D eigenvalue weighted by atomic mass is 10.2. The van der Waals surface area contributed by atoms with E-state index in [1.807, 2.05) is 4.90 Å². The summed E-state index contributed by atoms with van der Waals surface area (Å²) in [6, 6.07) is 7.17. The minimum Gasteiger partial charge on any atom is -0.336 e. The minimum absolute atomic E-state index is 0.128. The zero-order chi connectivity index (χ0) is 13.2. The first kappa shape index (κ1) is 12.9. The van der Waals surface area contributed by atoms with Crippen LogP contribution in [0.2, 0.25) is 5.02 Å². The molecule has 4 heteroatoms. The third-order valence-electron chi connectivity index (χ3n) is 3.96. The number of benzene rings is 1. The van der Waals surface area contributed by atoms with Crippen molar-refractivity contribution in [3.05, 3.63) is 34.9 Å². The SMILES string of the molecule is O=C(c1ccc(Cl)cc1)N1CCN(CC2CC2)CC1. The highest BCUT2D eigenvalue weighted by Crippen LogP contribution is 2.30. The summed E-state index contributed by atoms with van der Waals surface area (Å²) in [5.41, 5.74) is 0.736. The highest BCUT2D eigenvalue weighted by Gasteiger charge is 2.27. The topological polar surface area (TPSA) is 23.6 Å². The molecule has 2 aliphatic rings. The molecule has 0 spiro atoms. The molecule has 0 bridgehead atoms. The standard InChI is InChI=1S/C15H19ClN2O/c16-14-5-3-13(4-6-14)15(19)18-9-7-17(8-10-18)11-12-1-2-12/h3-6,12H,1-2,7-11H2. The van der Waals surface area contributed by atoms with Gasteiger partial charge < -0.3 is 4.90 Å². The van der Waals surface area contributed by atoms with Crippen LogP contribution in [0.15, 0.2) is 24.3 Å². The molecule has 3 nitrogen and oxygen atoms in total. The van der Waals surface area contributed by atoms with Crippen molar-refractivity contribution >= 4 is 17.5 Å². The van der Waals surface area contributed by atoms with E-state index < -0.39 is 0 Å². The summed E-state index contributed by atoms with van der Waals surface area (Å²) in [6.07, 6.45) is 2.79. The van der Waals surface area contributed by atoms with Crippen LogP contribution >= 0.6 is 11.6 Å². The molecule has 2 fully saturated rings. The fraction of sp³-hybridized carbons (Fsp3) is 0.533. The number of rotatable bonds is 3. The molecule has 0 N–H and O–H groups in total. The van der Waals surface area contributed by atoms with Gasteiger partial charge in [-0.2, -0.15) is 0 Å². The summed E-state index contributed by atoms with van der Waals surface area (Å²) in [6.45, 7) is 4.93. The summed E-state index contributed by atoms with van der Waals surface area (Å²) in [5.74, 6) is 1.06. The Bertz CT molecular complexity index is 448. The molecule has 1 aromatic rings. The first-order chi connectivity index (χ1) is 9.22. The average molecular weight is 279 g/mol. The second-order valence-corrected chi connectivity index (χ2v) is 5.98. The van der Waals surface area contributed by atoms with Crippen molar-refractivity contribution in [3.8, 4) is 0 Å². The van der Waals surface area contributed by atoms with Gasteiger partial charge >= 0.3 is 0 Å². The molecule has 1 aliphatic carbocycles. The molecule has 102 valence electrons. The van der Waals surface area contributed by atoms with Gasteiger partial charge in [-0.25, -0.2) is 0 Å². The average Bonchev–Trinajstić information content (AvgIpc) is 3.24. The fourth-order valence-corrected chi connectivity index (χ4v) is 2.70. The third-order valence-corrected chi connectivity index (χ3v) is 4.22. The Kier molecular flexibility index (Phi) is 3.76. The lowest BCUT2D eigenvalue weighted by Gasteiger charge is -2.34. The Morgan fingerprint density at radius 2 is 1.74 bits per heavy atom. The first-order valence-electron chi connectivity index (χ1n) is 6.99. The Morgan fingerprint density at radius 3 is 2.32 bits per heavy atom. The van der Waals surface area contributed by atoms with Crippen LogP contribution in [0.4, 0.5) is 0 Å². The molecule has 0 unspecified atom stereocenters. The second kappa shape index (κ2) is 5.51. The number of carbonyl (C=O) groups is 1. The number of hydrogen-bond donors (Lipinski definition) is 0. The van der Waals surface area contributed by atoms with Gasteiger partial charge in [0.1, 0.15) is 0 Å². The Labute approximate surface area is 119 Å². The molecule has 19 heavy (non-hydrogen) atoms. The van der Waals surface area contributed by atoms with E-state index in [2.05, 4.69) is 4.90 Å². The van der Waals surface area contributed by atoms with Crippen molar-refractivity contribution in [2.24, 2.45) is 5.92 Å². The largest absolute Gasteiger partial charge is 0.336 e. The van der Waals surface area contributed by atoms with E-state index in [1.165, 1.54) is 19.4 Å². The van der Waals surface area contributed by atoms with Gasteiger partial charge in [0.05, 0.1) is 0 Å². The molecule has 1 saturated heterocycles. The van der Waals surface area contributed by atoms with Crippen molar-refractivity contribution in [2.45, 2.75) is 12.8 Å². The number of halogens is 1. The number of piperazine rings is 1. The maximum Gasteiger partial charge on any atom is 0.253 e. The Hall–Kier alpha value is -1.06. The van der Waals surface area contributed by atoms with E-state index in [4.69, 9.17) is 11.6 Å². The molecule has 1 aromatic carbocycles. The zero-order valence-electron chi connectivity index (χ0n) is 11.0. The van der Waals surface area contributed by atoms with Crippen LogP contribution in [0.5, 0.6) is 0 Å². The smallest absolute Gasteiger partial charge is 0.253 e. The van der Waals surface area contributed by atoms with E-state index >= 15 is 0 Å². The third kappa shape index (κ3) is 3.28. The van der Waals surface area contributed by atoms with Gasteiger partial charge in [0.15, 0.2) is 0 Å². The maximum atomic E-state index is 12.3. The van der Waals surface area contributed by atoms with E-state index in [0.29, 0.717) is 5.02 Å². The summed E-state index contributed by atoms with van der Waals surface area (Å²) >= 11 is 5.84. The summed E-state index contributed by atoms with van der Waals surface area (Å²) in [5, 5.41) is 0.672. The van der Waals surface area contributed by atoms with Crippen LogP contribution in [0.3, 0.4) is 0 Å². The van der Waals surface area contributed by atoms with Crippen LogP contribution in [0.1, 0.15) is 23.2 Å². The van der Waals surface area contributed by atoms with Gasteiger partial charge in [-0.05, 0) is 43.0 Å². The predicted molar refractivity (Wildman–Crippen MR) is 76.5 cm³/mol. The maximum absolute atomic E-state index is 12.3. The zero-order valence-corrected chi connectivity index (χ0v) is 11.8. The molecule has 0 radical (unpaired) electrons. The van der Waals surface area contributed by atoms with Crippen molar-refractivity contribution in [2.75, 3.05) is 32.7 Å². The fourth-order valence-electron chi connectivity index (χ4n) is 2.57. The van der Waals surface area contributed by atoms with E-state index in [-0.39, 0.29) is 5.91 Å². The van der Waals surface area contributed by atoms with Crippen molar-refractivity contribution in [1.29, 1.82) is 0 Å². The van der Waals surface area contributed by atoms with Gasteiger partial charge in [-0.15, -0.1) is 0 Å². The number of nitrogens with zero attached hydrogens (tertiary/aromatic N) is 2. The van der Waals surface area contributed by atoms with Crippen LogP contribution < -0.4 is 0 Å². The van der Waals surface area contributed by atoms with Gasteiger partial charge in [0, 0.05) is 43.3 Å². The minimum atomic E-state index is 0.128. The number of carbonyl (C=O) groups excluding carboxylic acids is 1. The van der Waals surface area contributed by atoms with Gasteiger partial charge in [0.2, 0.25) is 0 Å². The van der Waals surface area contributed by atoms with Gasteiger partial charge in [-0.3, -0.25) is 9.69 Å². The van der Waals surface area contributed by atoms with E-state index in [0.717, 1.165) is 37.7 Å². The first-order valence-corrected chi connectivity index (χ1v) is 7.37. The quantitative estimate of drug-likeness (QED) is 0.848. The number of amides is 1. The molecule has 0 atom stereocenters. The molecule has 0 aromatic heterocycles. The molecule has 1 amide bonds. The van der Waals surface area contributed by atoms with Crippen LogP contribution in [0.25, 0.3) is 0 Å². The highest BCUT2D eigenvalue weighted by atomic mass is 35.5.